The molecule has 29 heavy (non-hydrogen) atoms. The molecule has 2 unspecified atom stereocenters. The second-order valence-corrected chi connectivity index (χ2v) is 8.82. The molecule has 0 saturated carbocycles. The third-order valence-electron chi connectivity index (χ3n) is 5.12. The van der Waals surface area contributed by atoms with Crippen LogP contribution in [0.5, 0.6) is 11.5 Å². The first kappa shape index (κ1) is 19.8. The van der Waals surface area contributed by atoms with Crippen LogP contribution in [0.4, 0.5) is 4.79 Å². The van der Waals surface area contributed by atoms with E-state index in [0.29, 0.717) is 29.7 Å². The fraction of sp³-hybridized carbons (Fsp3) is 0.455. The molecule has 0 spiro atoms. The summed E-state index contributed by atoms with van der Waals surface area (Å²) in [5, 5.41) is 0.574. The Hall–Kier alpha value is -2.47. The summed E-state index contributed by atoms with van der Waals surface area (Å²) >= 11 is 5.95. The van der Waals surface area contributed by atoms with Crippen LogP contribution in [-0.2, 0) is 11.2 Å². The topological polar surface area (TPSA) is 60.9 Å². The van der Waals surface area contributed by atoms with Crippen molar-refractivity contribution in [3.8, 4) is 11.5 Å². The summed E-state index contributed by atoms with van der Waals surface area (Å²) in [6.45, 7) is 8.58. The van der Waals surface area contributed by atoms with E-state index in [9.17, 15) is 4.79 Å². The first-order chi connectivity index (χ1) is 13.7. The number of nitrogens with zero attached hydrogens (tertiary/aromatic N) is 2. The van der Waals surface area contributed by atoms with Gasteiger partial charge in [-0.2, -0.15) is 0 Å². The van der Waals surface area contributed by atoms with E-state index >= 15 is 0 Å². The van der Waals surface area contributed by atoms with E-state index in [1.54, 1.807) is 17.2 Å². The van der Waals surface area contributed by atoms with Crippen molar-refractivity contribution in [3.05, 3.63) is 52.3 Å². The molecule has 2 aromatic rings. The van der Waals surface area contributed by atoms with Crippen LogP contribution in [0.3, 0.4) is 0 Å². The van der Waals surface area contributed by atoms with Gasteiger partial charge < -0.3 is 19.1 Å². The Morgan fingerprint density at radius 3 is 2.76 bits per heavy atom. The van der Waals surface area contributed by atoms with Crippen molar-refractivity contribution >= 4 is 17.7 Å². The van der Waals surface area contributed by atoms with E-state index in [4.69, 9.17) is 25.8 Å². The van der Waals surface area contributed by atoms with Crippen molar-refractivity contribution in [3.63, 3.8) is 0 Å². The molecule has 6 nitrogen and oxygen atoms in total. The van der Waals surface area contributed by atoms with Crippen LogP contribution >= 0.6 is 11.6 Å². The molecule has 0 fully saturated rings. The van der Waals surface area contributed by atoms with Gasteiger partial charge >= 0.3 is 6.09 Å². The molecule has 2 atom stereocenters. The van der Waals surface area contributed by atoms with Crippen molar-refractivity contribution in [2.75, 3.05) is 13.2 Å². The Kier molecular flexibility index (Phi) is 5.07. The molecule has 4 rings (SSSR count). The van der Waals surface area contributed by atoms with Gasteiger partial charge in [0.05, 0.1) is 16.8 Å². The molecular formula is C22H25ClN2O4. The number of amides is 1. The second-order valence-electron chi connectivity index (χ2n) is 8.38. The molecule has 0 aliphatic carbocycles. The molecule has 0 saturated heterocycles. The fourth-order valence-electron chi connectivity index (χ4n) is 3.76. The van der Waals surface area contributed by atoms with Gasteiger partial charge in [-0.3, -0.25) is 4.98 Å². The van der Waals surface area contributed by atoms with E-state index in [1.807, 2.05) is 39.8 Å². The lowest BCUT2D eigenvalue weighted by Gasteiger charge is -2.38. The number of carbonyl (C=O) groups excluding carboxylic acids is 1. The van der Waals surface area contributed by atoms with Gasteiger partial charge in [-0.05, 0) is 57.9 Å². The molecular weight excluding hydrogens is 392 g/mol. The van der Waals surface area contributed by atoms with E-state index in [2.05, 4.69) is 11.1 Å². The summed E-state index contributed by atoms with van der Waals surface area (Å²) in [6.07, 6.45) is 1.68. The van der Waals surface area contributed by atoms with Crippen molar-refractivity contribution in [2.24, 2.45) is 0 Å². The third-order valence-corrected chi connectivity index (χ3v) is 5.34. The van der Waals surface area contributed by atoms with E-state index in [0.717, 1.165) is 23.2 Å². The van der Waals surface area contributed by atoms with E-state index in [-0.39, 0.29) is 18.2 Å². The number of carbonyl (C=O) groups is 1. The van der Waals surface area contributed by atoms with Crippen molar-refractivity contribution in [1.82, 2.24) is 9.88 Å². The van der Waals surface area contributed by atoms with Crippen LogP contribution in [0.15, 0.2) is 30.5 Å². The van der Waals surface area contributed by atoms with Gasteiger partial charge in [0.15, 0.2) is 17.6 Å². The number of hydrogen-bond donors (Lipinski definition) is 0. The summed E-state index contributed by atoms with van der Waals surface area (Å²) in [5.74, 6) is 1.36. The normalized spacial score (nSPS) is 20.8. The average Bonchev–Trinajstić information content (AvgIpc) is 2.66. The minimum absolute atomic E-state index is 0.191. The van der Waals surface area contributed by atoms with Gasteiger partial charge in [-0.25, -0.2) is 4.79 Å². The predicted molar refractivity (Wildman–Crippen MR) is 110 cm³/mol. The first-order valence-corrected chi connectivity index (χ1v) is 10.2. The molecule has 0 radical (unpaired) electrons. The Labute approximate surface area is 175 Å². The van der Waals surface area contributed by atoms with Crippen LogP contribution < -0.4 is 9.47 Å². The molecule has 3 heterocycles. The molecule has 2 aliphatic heterocycles. The van der Waals surface area contributed by atoms with Gasteiger partial charge in [0.25, 0.3) is 0 Å². The molecule has 1 aromatic carbocycles. The Morgan fingerprint density at radius 1 is 1.28 bits per heavy atom. The summed E-state index contributed by atoms with van der Waals surface area (Å²) in [5.41, 5.74) is 2.34. The second kappa shape index (κ2) is 7.41. The number of aromatic nitrogens is 1. The fourth-order valence-corrected chi connectivity index (χ4v) is 3.87. The summed E-state index contributed by atoms with van der Waals surface area (Å²) in [6, 6.07) is 7.43. The molecule has 7 heteroatoms. The monoisotopic (exact) mass is 416 g/mol. The van der Waals surface area contributed by atoms with E-state index in [1.165, 1.54) is 0 Å². The molecule has 1 amide bonds. The van der Waals surface area contributed by atoms with Crippen molar-refractivity contribution in [2.45, 2.75) is 51.9 Å². The number of fused-ring (bicyclic) bond motifs is 3. The van der Waals surface area contributed by atoms with Crippen molar-refractivity contribution in [1.29, 1.82) is 0 Å². The number of halogens is 1. The van der Waals surface area contributed by atoms with Crippen LogP contribution in [0.2, 0.25) is 5.02 Å². The lowest BCUT2D eigenvalue weighted by Crippen LogP contribution is -2.42. The maximum absolute atomic E-state index is 12.7. The number of benzene rings is 1. The molecule has 0 N–H and O–H groups in total. The minimum atomic E-state index is -0.543. The number of ether oxygens (including phenoxy) is 3. The largest absolute Gasteiger partial charge is 0.485 e. The highest BCUT2D eigenvalue weighted by Gasteiger charge is 2.36. The highest BCUT2D eigenvalue weighted by Crippen LogP contribution is 2.46. The quantitative estimate of drug-likeness (QED) is 0.647. The zero-order valence-electron chi connectivity index (χ0n) is 17.1. The van der Waals surface area contributed by atoms with Crippen LogP contribution in [0.25, 0.3) is 0 Å². The highest BCUT2D eigenvalue weighted by atomic mass is 35.5. The average molecular weight is 417 g/mol. The molecule has 0 bridgehead atoms. The molecule has 154 valence electrons. The van der Waals surface area contributed by atoms with Gasteiger partial charge in [0.1, 0.15) is 12.2 Å². The highest BCUT2D eigenvalue weighted by molar-refractivity contribution is 6.30. The minimum Gasteiger partial charge on any atom is -0.485 e. The zero-order valence-corrected chi connectivity index (χ0v) is 17.8. The molecule has 1 aromatic heterocycles. The summed E-state index contributed by atoms with van der Waals surface area (Å²) in [7, 11) is 0. The van der Waals surface area contributed by atoms with E-state index < -0.39 is 5.60 Å². The van der Waals surface area contributed by atoms with Gasteiger partial charge in [0, 0.05) is 18.3 Å². The zero-order chi connectivity index (χ0) is 20.8. The van der Waals surface area contributed by atoms with Gasteiger partial charge in [-0.1, -0.05) is 17.7 Å². The Balaban J connectivity index is 1.65. The number of hydrogen-bond acceptors (Lipinski definition) is 5. The molecule has 2 aliphatic rings. The Bertz CT molecular complexity index is 924. The SMILES string of the molecule is CC1c2c(ccc3c2OC(c2ccc(Cl)cn2)CO3)CCN1C(=O)OC(C)(C)C. The standard InChI is InChI=1S/C22H25ClN2O4/c1-13-19-14(9-10-25(13)21(26)29-22(2,3)4)5-8-17-20(19)28-18(12-27-17)16-7-6-15(23)11-24-16/h5-8,11,13,18H,9-10,12H2,1-4H3. The first-order valence-electron chi connectivity index (χ1n) is 9.79. The number of rotatable bonds is 1. The van der Waals surface area contributed by atoms with Crippen LogP contribution in [0.1, 0.15) is 56.7 Å². The smallest absolute Gasteiger partial charge is 0.410 e. The van der Waals surface area contributed by atoms with Crippen LogP contribution in [-0.4, -0.2) is 34.7 Å². The number of pyridine rings is 1. The van der Waals surface area contributed by atoms with Crippen molar-refractivity contribution < 1.29 is 19.0 Å². The maximum atomic E-state index is 12.7. The Morgan fingerprint density at radius 2 is 2.07 bits per heavy atom. The summed E-state index contributed by atoms with van der Waals surface area (Å²) < 4.78 is 17.9. The van der Waals surface area contributed by atoms with Crippen LogP contribution in [0, 0.1) is 0 Å². The lowest BCUT2D eigenvalue weighted by molar-refractivity contribution is 0.0148. The maximum Gasteiger partial charge on any atom is 0.410 e. The third kappa shape index (κ3) is 3.99. The summed E-state index contributed by atoms with van der Waals surface area (Å²) in [4.78, 5) is 18.8. The van der Waals surface area contributed by atoms with Gasteiger partial charge in [0.2, 0.25) is 0 Å². The predicted octanol–water partition coefficient (Wildman–Crippen LogP) is 5.10. The lowest BCUT2D eigenvalue weighted by atomic mass is 9.92. The van der Waals surface area contributed by atoms with Gasteiger partial charge in [-0.15, -0.1) is 0 Å².